The zero-order chi connectivity index (χ0) is 26.0. The van der Waals surface area contributed by atoms with Crippen LogP contribution in [0.3, 0.4) is 0 Å². The van der Waals surface area contributed by atoms with Gasteiger partial charge in [0.2, 0.25) is 6.23 Å². The summed E-state index contributed by atoms with van der Waals surface area (Å²) in [7, 11) is 0. The summed E-state index contributed by atoms with van der Waals surface area (Å²) in [6, 6.07) is 27.2. The summed E-state index contributed by atoms with van der Waals surface area (Å²) < 4.78 is 16.5. The molecule has 8 nitrogen and oxygen atoms in total. The van der Waals surface area contributed by atoms with Crippen LogP contribution < -0.4 is 5.32 Å². The van der Waals surface area contributed by atoms with Crippen molar-refractivity contribution in [3.63, 3.8) is 0 Å². The average Bonchev–Trinajstić information content (AvgIpc) is 3.26. The Balaban J connectivity index is 1.58. The standard InChI is InChI=1S/C29H30N2O6/c1-21(32)37-27(31-25(20-36-29(31)34)17-22-11-5-2-6-12-22)26(18-23-13-7-3-8-14-23)30-28(33)35-19-24-15-9-4-10-16-24/h2-16,25-27H,17-20H2,1H3,(H,30,33). The maximum absolute atomic E-state index is 12.9. The Labute approximate surface area is 216 Å². The van der Waals surface area contributed by atoms with Gasteiger partial charge in [-0.3, -0.25) is 9.69 Å². The maximum Gasteiger partial charge on any atom is 0.413 e. The highest BCUT2D eigenvalue weighted by Crippen LogP contribution is 2.24. The molecule has 1 fully saturated rings. The maximum atomic E-state index is 12.9. The topological polar surface area (TPSA) is 94.2 Å². The van der Waals surface area contributed by atoms with Gasteiger partial charge < -0.3 is 19.5 Å². The van der Waals surface area contributed by atoms with E-state index in [1.54, 1.807) is 0 Å². The zero-order valence-corrected chi connectivity index (χ0v) is 20.6. The Bertz CT molecular complexity index is 1170. The molecule has 1 aliphatic rings. The van der Waals surface area contributed by atoms with Crippen LogP contribution in [0.4, 0.5) is 9.59 Å². The second-order valence-electron chi connectivity index (χ2n) is 8.83. The number of esters is 1. The summed E-state index contributed by atoms with van der Waals surface area (Å²) in [4.78, 5) is 39.4. The molecule has 37 heavy (non-hydrogen) atoms. The van der Waals surface area contributed by atoms with Crippen LogP contribution in [0.1, 0.15) is 23.6 Å². The van der Waals surface area contributed by atoms with E-state index in [2.05, 4.69) is 5.32 Å². The van der Waals surface area contributed by atoms with Crippen LogP contribution in [0.5, 0.6) is 0 Å². The summed E-state index contributed by atoms with van der Waals surface area (Å²) in [6.45, 7) is 1.49. The Morgan fingerprint density at radius 2 is 1.49 bits per heavy atom. The third kappa shape index (κ3) is 7.33. The minimum atomic E-state index is -1.11. The smallest absolute Gasteiger partial charge is 0.413 e. The lowest BCUT2D eigenvalue weighted by Gasteiger charge is -2.35. The van der Waals surface area contributed by atoms with E-state index < -0.39 is 30.4 Å². The number of nitrogens with zero attached hydrogens (tertiary/aromatic N) is 1. The molecule has 0 spiro atoms. The highest BCUT2D eigenvalue weighted by molar-refractivity contribution is 5.73. The number of ether oxygens (including phenoxy) is 3. The number of carbonyl (C=O) groups excluding carboxylic acids is 3. The van der Waals surface area contributed by atoms with Gasteiger partial charge >= 0.3 is 18.2 Å². The molecule has 0 saturated carbocycles. The van der Waals surface area contributed by atoms with Gasteiger partial charge in [-0.15, -0.1) is 0 Å². The van der Waals surface area contributed by atoms with Crippen molar-refractivity contribution >= 4 is 18.2 Å². The second kappa shape index (κ2) is 12.6. The van der Waals surface area contributed by atoms with Gasteiger partial charge in [-0.05, 0) is 29.5 Å². The third-order valence-corrected chi connectivity index (χ3v) is 6.04. The van der Waals surface area contributed by atoms with Gasteiger partial charge in [-0.1, -0.05) is 91.0 Å². The Kier molecular flexibility index (Phi) is 8.75. The molecular formula is C29H30N2O6. The van der Waals surface area contributed by atoms with Gasteiger partial charge in [0, 0.05) is 6.92 Å². The molecule has 2 amide bonds. The van der Waals surface area contributed by atoms with Crippen molar-refractivity contribution < 1.29 is 28.6 Å². The van der Waals surface area contributed by atoms with E-state index in [1.807, 2.05) is 91.0 Å². The number of carbonyl (C=O) groups is 3. The monoisotopic (exact) mass is 502 g/mol. The number of rotatable bonds is 10. The minimum absolute atomic E-state index is 0.0748. The van der Waals surface area contributed by atoms with Gasteiger partial charge in [-0.25, -0.2) is 9.59 Å². The van der Waals surface area contributed by atoms with Crippen LogP contribution in [0, 0.1) is 0 Å². The molecule has 0 aromatic heterocycles. The fraction of sp³-hybridized carbons (Fsp3) is 0.276. The highest BCUT2D eigenvalue weighted by atomic mass is 16.6. The van der Waals surface area contributed by atoms with Crippen molar-refractivity contribution in [3.8, 4) is 0 Å². The minimum Gasteiger partial charge on any atom is -0.447 e. The van der Waals surface area contributed by atoms with Crippen LogP contribution in [-0.4, -0.2) is 48.0 Å². The molecule has 1 heterocycles. The fourth-order valence-corrected chi connectivity index (χ4v) is 4.34. The predicted octanol–water partition coefficient (Wildman–Crippen LogP) is 4.48. The van der Waals surface area contributed by atoms with E-state index in [0.717, 1.165) is 16.7 Å². The first kappa shape index (κ1) is 25.8. The van der Waals surface area contributed by atoms with Crippen molar-refractivity contribution in [2.75, 3.05) is 6.61 Å². The van der Waals surface area contributed by atoms with Crippen LogP contribution in [0.15, 0.2) is 91.0 Å². The molecule has 0 bridgehead atoms. The number of amides is 2. The molecule has 4 rings (SSSR count). The molecule has 3 aromatic rings. The van der Waals surface area contributed by atoms with Crippen molar-refractivity contribution in [2.24, 2.45) is 0 Å². The first-order chi connectivity index (χ1) is 18.0. The quantitative estimate of drug-likeness (QED) is 0.325. The van der Waals surface area contributed by atoms with Gasteiger partial charge in [0.1, 0.15) is 13.2 Å². The molecule has 8 heteroatoms. The zero-order valence-electron chi connectivity index (χ0n) is 20.6. The lowest BCUT2D eigenvalue weighted by atomic mass is 10.0. The van der Waals surface area contributed by atoms with E-state index in [9.17, 15) is 14.4 Å². The molecule has 3 unspecified atom stereocenters. The van der Waals surface area contributed by atoms with Crippen molar-refractivity contribution in [3.05, 3.63) is 108 Å². The molecule has 3 atom stereocenters. The van der Waals surface area contributed by atoms with Gasteiger partial charge in [0.15, 0.2) is 0 Å². The number of alkyl carbamates (subject to hydrolysis) is 1. The lowest BCUT2D eigenvalue weighted by Crippen LogP contribution is -2.57. The second-order valence-corrected chi connectivity index (χ2v) is 8.83. The Hall–Kier alpha value is -4.33. The molecule has 1 N–H and O–H groups in total. The summed E-state index contributed by atoms with van der Waals surface area (Å²) in [6.07, 6.45) is -1.61. The summed E-state index contributed by atoms with van der Waals surface area (Å²) in [5, 5.41) is 2.84. The third-order valence-electron chi connectivity index (χ3n) is 6.04. The van der Waals surface area contributed by atoms with Crippen molar-refractivity contribution in [1.29, 1.82) is 0 Å². The van der Waals surface area contributed by atoms with Crippen LogP contribution in [0.2, 0.25) is 0 Å². The Morgan fingerprint density at radius 1 is 0.919 bits per heavy atom. The largest absolute Gasteiger partial charge is 0.447 e. The van der Waals surface area contributed by atoms with Crippen LogP contribution in [0.25, 0.3) is 0 Å². The Morgan fingerprint density at radius 3 is 2.08 bits per heavy atom. The molecule has 1 saturated heterocycles. The highest BCUT2D eigenvalue weighted by Gasteiger charge is 2.44. The average molecular weight is 503 g/mol. The summed E-state index contributed by atoms with van der Waals surface area (Å²) in [5.41, 5.74) is 2.73. The molecule has 1 aliphatic heterocycles. The normalized spacial score (nSPS) is 16.4. The molecule has 0 aliphatic carbocycles. The van der Waals surface area contributed by atoms with Gasteiger partial charge in [-0.2, -0.15) is 0 Å². The lowest BCUT2D eigenvalue weighted by molar-refractivity contribution is -0.157. The number of hydrogen-bond acceptors (Lipinski definition) is 6. The molecular weight excluding hydrogens is 472 g/mol. The SMILES string of the molecule is CC(=O)OC(C(Cc1ccccc1)NC(=O)OCc1ccccc1)N1C(=O)OCC1Cc1ccccc1. The van der Waals surface area contributed by atoms with E-state index in [1.165, 1.54) is 11.8 Å². The van der Waals surface area contributed by atoms with E-state index in [4.69, 9.17) is 14.2 Å². The van der Waals surface area contributed by atoms with E-state index >= 15 is 0 Å². The van der Waals surface area contributed by atoms with Crippen molar-refractivity contribution in [1.82, 2.24) is 10.2 Å². The molecule has 192 valence electrons. The number of hydrogen-bond donors (Lipinski definition) is 1. The molecule has 0 radical (unpaired) electrons. The molecule has 3 aromatic carbocycles. The first-order valence-electron chi connectivity index (χ1n) is 12.2. The van der Waals surface area contributed by atoms with Gasteiger partial charge in [0.25, 0.3) is 0 Å². The van der Waals surface area contributed by atoms with E-state index in [-0.39, 0.29) is 19.3 Å². The number of nitrogens with one attached hydrogen (secondary N) is 1. The fourth-order valence-electron chi connectivity index (χ4n) is 4.34. The summed E-state index contributed by atoms with van der Waals surface area (Å²) in [5.74, 6) is -0.583. The summed E-state index contributed by atoms with van der Waals surface area (Å²) >= 11 is 0. The van der Waals surface area contributed by atoms with E-state index in [0.29, 0.717) is 12.8 Å². The first-order valence-corrected chi connectivity index (χ1v) is 12.2. The predicted molar refractivity (Wildman–Crippen MR) is 136 cm³/mol. The van der Waals surface area contributed by atoms with Crippen LogP contribution in [-0.2, 0) is 38.5 Å². The number of cyclic esters (lactones) is 1. The van der Waals surface area contributed by atoms with Crippen molar-refractivity contribution in [2.45, 2.75) is 44.7 Å². The van der Waals surface area contributed by atoms with Gasteiger partial charge in [0.05, 0.1) is 12.1 Å². The number of benzene rings is 3. The van der Waals surface area contributed by atoms with Crippen LogP contribution >= 0.6 is 0 Å².